The third kappa shape index (κ3) is 3.47. The summed E-state index contributed by atoms with van der Waals surface area (Å²) >= 11 is 0. The summed E-state index contributed by atoms with van der Waals surface area (Å²) in [5, 5.41) is 7.75. The molecule has 1 aliphatic rings. The number of aliphatic imine (C=N–C) groups is 1. The Labute approximate surface area is 131 Å². The van der Waals surface area contributed by atoms with E-state index in [2.05, 4.69) is 15.4 Å². The number of guanidine groups is 1. The molecule has 0 atom stereocenters. The van der Waals surface area contributed by atoms with Crippen molar-refractivity contribution < 1.29 is 0 Å². The van der Waals surface area contributed by atoms with Crippen molar-refractivity contribution in [2.75, 3.05) is 6.54 Å². The van der Waals surface area contributed by atoms with Crippen LogP contribution in [0.4, 0.5) is 0 Å². The van der Waals surface area contributed by atoms with Gasteiger partial charge in [0.15, 0.2) is 5.96 Å². The maximum atomic E-state index is 5.93. The molecule has 0 bridgehead atoms. The SMILES string of the molecule is Cc1nn(-c2ccccc2)cc1CN=C(N)NCC1CCC1. The quantitative estimate of drug-likeness (QED) is 0.657. The minimum Gasteiger partial charge on any atom is -0.370 e. The Morgan fingerprint density at radius 2 is 2.14 bits per heavy atom. The molecule has 0 radical (unpaired) electrons. The van der Waals surface area contributed by atoms with Gasteiger partial charge in [-0.05, 0) is 37.8 Å². The Morgan fingerprint density at radius 3 is 2.82 bits per heavy atom. The highest BCUT2D eigenvalue weighted by Gasteiger charge is 2.16. The van der Waals surface area contributed by atoms with Crippen LogP contribution in [0.2, 0.25) is 0 Å². The van der Waals surface area contributed by atoms with Gasteiger partial charge in [0.05, 0.1) is 17.9 Å². The number of benzene rings is 1. The lowest BCUT2D eigenvalue weighted by Crippen LogP contribution is -2.37. The molecule has 1 heterocycles. The highest BCUT2D eigenvalue weighted by Crippen LogP contribution is 2.25. The average Bonchev–Trinajstić information content (AvgIpc) is 2.86. The molecule has 1 saturated carbocycles. The van der Waals surface area contributed by atoms with Gasteiger partial charge in [0.1, 0.15) is 0 Å². The lowest BCUT2D eigenvalue weighted by Gasteiger charge is -2.25. The minimum absolute atomic E-state index is 0.527. The van der Waals surface area contributed by atoms with Crippen LogP contribution in [0.15, 0.2) is 41.5 Å². The van der Waals surface area contributed by atoms with Gasteiger partial charge in [-0.25, -0.2) is 9.67 Å². The molecule has 116 valence electrons. The van der Waals surface area contributed by atoms with Crippen molar-refractivity contribution in [1.29, 1.82) is 0 Å². The lowest BCUT2D eigenvalue weighted by molar-refractivity contribution is 0.315. The zero-order valence-electron chi connectivity index (χ0n) is 13.0. The van der Waals surface area contributed by atoms with E-state index in [-0.39, 0.29) is 0 Å². The van der Waals surface area contributed by atoms with E-state index < -0.39 is 0 Å². The second-order valence-corrected chi connectivity index (χ2v) is 5.90. The van der Waals surface area contributed by atoms with Gasteiger partial charge in [-0.15, -0.1) is 0 Å². The van der Waals surface area contributed by atoms with Gasteiger partial charge >= 0.3 is 0 Å². The molecule has 0 aliphatic heterocycles. The largest absolute Gasteiger partial charge is 0.370 e. The van der Waals surface area contributed by atoms with Crippen LogP contribution in [-0.2, 0) is 6.54 Å². The Balaban J connectivity index is 1.61. The summed E-state index contributed by atoms with van der Waals surface area (Å²) in [5.74, 6) is 1.30. The van der Waals surface area contributed by atoms with E-state index in [0.717, 1.165) is 29.4 Å². The molecule has 5 heteroatoms. The summed E-state index contributed by atoms with van der Waals surface area (Å²) in [7, 11) is 0. The Morgan fingerprint density at radius 1 is 1.36 bits per heavy atom. The summed E-state index contributed by atoms with van der Waals surface area (Å²) in [6.07, 6.45) is 5.99. The Kier molecular flexibility index (Phi) is 4.42. The van der Waals surface area contributed by atoms with Crippen LogP contribution >= 0.6 is 0 Å². The second-order valence-electron chi connectivity index (χ2n) is 5.90. The molecule has 1 aliphatic carbocycles. The van der Waals surface area contributed by atoms with Crippen molar-refractivity contribution in [3.8, 4) is 5.69 Å². The van der Waals surface area contributed by atoms with E-state index in [1.807, 2.05) is 48.1 Å². The number of para-hydroxylation sites is 1. The zero-order chi connectivity index (χ0) is 15.4. The van der Waals surface area contributed by atoms with Crippen LogP contribution in [0.5, 0.6) is 0 Å². The minimum atomic E-state index is 0.527. The number of nitrogens with zero attached hydrogens (tertiary/aromatic N) is 3. The molecule has 2 aromatic rings. The highest BCUT2D eigenvalue weighted by atomic mass is 15.3. The van der Waals surface area contributed by atoms with Crippen LogP contribution < -0.4 is 11.1 Å². The summed E-state index contributed by atoms with van der Waals surface area (Å²) < 4.78 is 1.89. The molecule has 1 aromatic heterocycles. The molecule has 0 unspecified atom stereocenters. The van der Waals surface area contributed by atoms with Gasteiger partial charge < -0.3 is 11.1 Å². The molecular formula is C17H23N5. The van der Waals surface area contributed by atoms with E-state index >= 15 is 0 Å². The molecule has 1 aromatic carbocycles. The number of rotatable bonds is 5. The van der Waals surface area contributed by atoms with Gasteiger partial charge in [-0.1, -0.05) is 24.6 Å². The zero-order valence-corrected chi connectivity index (χ0v) is 13.0. The number of aryl methyl sites for hydroxylation is 1. The summed E-state index contributed by atoms with van der Waals surface area (Å²) in [5.41, 5.74) is 9.06. The Hall–Kier alpha value is -2.30. The van der Waals surface area contributed by atoms with E-state index in [0.29, 0.717) is 12.5 Å². The molecule has 5 nitrogen and oxygen atoms in total. The van der Waals surface area contributed by atoms with Crippen molar-refractivity contribution in [3.63, 3.8) is 0 Å². The standard InChI is InChI=1S/C17H23N5/c1-13-15(11-20-17(18)19-10-14-6-5-7-14)12-22(21-13)16-8-3-2-4-9-16/h2-4,8-9,12,14H,5-7,10-11H2,1H3,(H3,18,19,20). The molecule has 0 saturated heterocycles. The predicted molar refractivity (Wildman–Crippen MR) is 89.0 cm³/mol. The number of hydrogen-bond donors (Lipinski definition) is 2. The average molecular weight is 297 g/mol. The third-order valence-electron chi connectivity index (χ3n) is 4.24. The van der Waals surface area contributed by atoms with Gasteiger partial charge in [-0.3, -0.25) is 0 Å². The Bertz CT molecular complexity index is 640. The van der Waals surface area contributed by atoms with Gasteiger partial charge in [-0.2, -0.15) is 5.10 Å². The maximum Gasteiger partial charge on any atom is 0.188 e. The number of aromatic nitrogens is 2. The third-order valence-corrected chi connectivity index (χ3v) is 4.24. The van der Waals surface area contributed by atoms with Gasteiger partial charge in [0.2, 0.25) is 0 Å². The van der Waals surface area contributed by atoms with Gasteiger partial charge in [0, 0.05) is 18.3 Å². The molecule has 3 N–H and O–H groups in total. The van der Waals surface area contributed by atoms with Crippen molar-refractivity contribution in [2.24, 2.45) is 16.6 Å². The molecule has 0 spiro atoms. The van der Waals surface area contributed by atoms with E-state index in [1.165, 1.54) is 19.3 Å². The van der Waals surface area contributed by atoms with E-state index in [9.17, 15) is 0 Å². The normalized spacial score (nSPS) is 15.6. The number of nitrogens with two attached hydrogens (primary N) is 1. The molecule has 3 rings (SSSR count). The van der Waals surface area contributed by atoms with Crippen LogP contribution in [0, 0.1) is 12.8 Å². The summed E-state index contributed by atoms with van der Waals surface area (Å²) in [4.78, 5) is 4.42. The fourth-order valence-corrected chi connectivity index (χ4v) is 2.54. The topological polar surface area (TPSA) is 68.2 Å². The predicted octanol–water partition coefficient (Wildman–Crippen LogP) is 2.39. The van der Waals surface area contributed by atoms with E-state index in [4.69, 9.17) is 5.73 Å². The second kappa shape index (κ2) is 6.64. The van der Waals surface area contributed by atoms with Crippen LogP contribution in [-0.4, -0.2) is 22.3 Å². The fourth-order valence-electron chi connectivity index (χ4n) is 2.54. The summed E-state index contributed by atoms with van der Waals surface area (Å²) in [6, 6.07) is 10.1. The van der Waals surface area contributed by atoms with E-state index in [1.54, 1.807) is 0 Å². The fraction of sp³-hybridized carbons (Fsp3) is 0.412. The summed E-state index contributed by atoms with van der Waals surface area (Å²) in [6.45, 7) is 3.50. The molecule has 1 fully saturated rings. The highest BCUT2D eigenvalue weighted by molar-refractivity contribution is 5.77. The number of nitrogens with one attached hydrogen (secondary N) is 1. The molecular weight excluding hydrogens is 274 g/mol. The first kappa shape index (κ1) is 14.6. The van der Waals surface area contributed by atoms with Crippen molar-refractivity contribution >= 4 is 5.96 Å². The van der Waals surface area contributed by atoms with Crippen molar-refractivity contribution in [3.05, 3.63) is 47.8 Å². The maximum absolute atomic E-state index is 5.93. The van der Waals surface area contributed by atoms with Crippen LogP contribution in [0.25, 0.3) is 5.69 Å². The van der Waals surface area contributed by atoms with Crippen molar-refractivity contribution in [1.82, 2.24) is 15.1 Å². The smallest absolute Gasteiger partial charge is 0.188 e. The van der Waals surface area contributed by atoms with Crippen LogP contribution in [0.1, 0.15) is 30.5 Å². The number of hydrogen-bond acceptors (Lipinski definition) is 2. The molecule has 22 heavy (non-hydrogen) atoms. The first-order valence-corrected chi connectivity index (χ1v) is 7.87. The molecule has 0 amide bonds. The van der Waals surface area contributed by atoms with Gasteiger partial charge in [0.25, 0.3) is 0 Å². The van der Waals surface area contributed by atoms with Crippen LogP contribution in [0.3, 0.4) is 0 Å². The monoisotopic (exact) mass is 297 g/mol. The first-order valence-electron chi connectivity index (χ1n) is 7.87. The van der Waals surface area contributed by atoms with Crippen molar-refractivity contribution in [2.45, 2.75) is 32.7 Å². The first-order chi connectivity index (χ1) is 10.7. The lowest BCUT2D eigenvalue weighted by atomic mass is 9.85.